The second-order valence-electron chi connectivity index (χ2n) is 13.2. The molecule has 0 atom stereocenters. The number of benzene rings is 6. The quantitative estimate of drug-likeness (QED) is 0.0658. The van der Waals surface area contributed by atoms with Gasteiger partial charge in [-0.05, 0) is 0 Å². The summed E-state index contributed by atoms with van der Waals surface area (Å²) in [6.07, 6.45) is 9.96. The summed E-state index contributed by atoms with van der Waals surface area (Å²) in [6, 6.07) is 55.8. The molecule has 0 saturated carbocycles. The zero-order chi connectivity index (χ0) is 35.9. The molecule has 0 radical (unpaired) electrons. The van der Waals surface area contributed by atoms with Crippen molar-refractivity contribution in [1.29, 1.82) is 0 Å². The van der Waals surface area contributed by atoms with Crippen LogP contribution in [-0.2, 0) is 0 Å². The van der Waals surface area contributed by atoms with Gasteiger partial charge in [0, 0.05) is 0 Å². The van der Waals surface area contributed by atoms with Crippen LogP contribution in [0.25, 0.3) is 0 Å². The summed E-state index contributed by atoms with van der Waals surface area (Å²) in [7, 11) is 0. The van der Waals surface area contributed by atoms with Gasteiger partial charge < -0.3 is 0 Å². The van der Waals surface area contributed by atoms with Crippen molar-refractivity contribution in [1.82, 2.24) is 0 Å². The van der Waals surface area contributed by atoms with Crippen LogP contribution in [0.2, 0.25) is 0 Å². The van der Waals surface area contributed by atoms with Crippen LogP contribution in [0.5, 0.6) is 34.5 Å². The normalized spacial score (nSPS) is 12.1. The molecule has 0 unspecified atom stereocenters. The molecule has 0 saturated heterocycles. The van der Waals surface area contributed by atoms with Gasteiger partial charge in [0.1, 0.15) is 0 Å². The standard InChI is InChI=1S/C46H48BrO4P/c47-52(37-17-6-4-2-1-3-5-16-36-48,44-30-24-41(25-31-44)49-38-18-10-7-11-19-38,45-32-26-42(27-33-45)50-39-20-12-8-13-21-39)46-34-28-43(29-35-46)51-40-22-14-9-15-23-40/h7-15,18-35,48H,1-6,16-17,36-37H2. The van der Waals surface area contributed by atoms with Crippen molar-refractivity contribution in [3.63, 3.8) is 0 Å². The third-order valence-electron chi connectivity index (χ3n) is 9.55. The average Bonchev–Trinajstić information content (AvgIpc) is 3.19. The molecule has 268 valence electrons. The van der Waals surface area contributed by atoms with E-state index in [1.54, 1.807) is 0 Å². The van der Waals surface area contributed by atoms with Gasteiger partial charge in [0.05, 0.1) is 0 Å². The molecule has 1 N–H and O–H groups in total. The molecule has 52 heavy (non-hydrogen) atoms. The summed E-state index contributed by atoms with van der Waals surface area (Å²) < 4.78 is 18.7. The summed E-state index contributed by atoms with van der Waals surface area (Å²) in [6.45, 7) is 0.288. The Morgan fingerprint density at radius 1 is 0.346 bits per heavy atom. The number of hydrogen-bond acceptors (Lipinski definition) is 4. The molecule has 0 bridgehead atoms. The fourth-order valence-corrected chi connectivity index (χ4v) is 14.4. The van der Waals surface area contributed by atoms with Crippen molar-refractivity contribution in [3.8, 4) is 34.5 Å². The predicted molar refractivity (Wildman–Crippen MR) is 223 cm³/mol. The van der Waals surface area contributed by atoms with E-state index in [4.69, 9.17) is 19.3 Å². The Morgan fingerprint density at radius 2 is 0.615 bits per heavy atom. The van der Waals surface area contributed by atoms with Crippen LogP contribution in [0.15, 0.2) is 164 Å². The summed E-state index contributed by atoms with van der Waals surface area (Å²) in [5, 5.41) is 9.60. The Morgan fingerprint density at radius 3 is 0.923 bits per heavy atom. The summed E-state index contributed by atoms with van der Waals surface area (Å²) in [5.74, 6) is 4.83. The zero-order valence-corrected chi connectivity index (χ0v) is 32.1. The van der Waals surface area contributed by atoms with Gasteiger partial charge in [0.25, 0.3) is 0 Å². The third-order valence-corrected chi connectivity index (χ3v) is 19.6. The minimum absolute atomic E-state index is 0.288. The molecule has 6 aromatic rings. The number of aliphatic hydroxyl groups is 1. The first-order chi connectivity index (χ1) is 25.5. The van der Waals surface area contributed by atoms with E-state index in [0.717, 1.165) is 66.3 Å². The summed E-state index contributed by atoms with van der Waals surface area (Å²) in [5.41, 5.74) is 0. The second-order valence-corrected chi connectivity index (χ2v) is 22.2. The molecule has 6 heteroatoms. The van der Waals surface area contributed by atoms with Gasteiger partial charge in [-0.1, -0.05) is 0 Å². The number of rotatable bonds is 19. The Labute approximate surface area is 317 Å². The maximum absolute atomic E-state index is 9.14. The first kappa shape index (κ1) is 37.4. The molecule has 6 rings (SSSR count). The van der Waals surface area contributed by atoms with Crippen LogP contribution in [0.1, 0.15) is 51.4 Å². The molecule has 0 fully saturated rings. The fourth-order valence-electron chi connectivity index (χ4n) is 6.76. The molecule has 0 heterocycles. The van der Waals surface area contributed by atoms with Crippen LogP contribution in [-0.4, -0.2) is 17.9 Å². The Kier molecular flexibility index (Phi) is 13.2. The number of aliphatic hydroxyl groups excluding tert-OH is 1. The first-order valence-corrected chi connectivity index (χ1v) is 22.8. The average molecular weight is 776 g/mol. The van der Waals surface area contributed by atoms with Crippen molar-refractivity contribution in [2.75, 3.05) is 12.8 Å². The van der Waals surface area contributed by atoms with Gasteiger partial charge in [-0.3, -0.25) is 0 Å². The van der Waals surface area contributed by atoms with Crippen molar-refractivity contribution in [2.24, 2.45) is 0 Å². The van der Waals surface area contributed by atoms with Gasteiger partial charge in [-0.25, -0.2) is 0 Å². The van der Waals surface area contributed by atoms with Gasteiger partial charge in [0.2, 0.25) is 0 Å². The zero-order valence-electron chi connectivity index (χ0n) is 29.7. The number of hydrogen-bond donors (Lipinski definition) is 1. The van der Waals surface area contributed by atoms with Crippen LogP contribution in [0.3, 0.4) is 0 Å². The van der Waals surface area contributed by atoms with E-state index in [9.17, 15) is 0 Å². The maximum atomic E-state index is 9.14. The van der Waals surface area contributed by atoms with Gasteiger partial charge in [-0.2, -0.15) is 0 Å². The number of unbranched alkanes of at least 4 members (excludes halogenated alkanes) is 7. The van der Waals surface area contributed by atoms with E-state index in [2.05, 4.69) is 88.3 Å². The first-order valence-electron chi connectivity index (χ1n) is 18.4. The molecular formula is C46H48BrO4P. The van der Waals surface area contributed by atoms with E-state index in [-0.39, 0.29) is 6.61 Å². The SMILES string of the molecule is OCCCCCCCCCCP(Br)(c1ccc(Oc2ccccc2)cc1)(c1ccc(Oc2ccccc2)cc1)c1ccc(Oc2ccccc2)cc1. The van der Waals surface area contributed by atoms with E-state index in [1.807, 2.05) is 91.0 Å². The third kappa shape index (κ3) is 9.33. The van der Waals surface area contributed by atoms with E-state index < -0.39 is 5.31 Å². The molecule has 0 spiro atoms. The van der Waals surface area contributed by atoms with E-state index in [0.29, 0.717) is 0 Å². The van der Waals surface area contributed by atoms with Crippen LogP contribution in [0.4, 0.5) is 0 Å². The second kappa shape index (κ2) is 18.4. The molecule has 0 aromatic heterocycles. The van der Waals surface area contributed by atoms with Gasteiger partial charge in [0.15, 0.2) is 0 Å². The summed E-state index contributed by atoms with van der Waals surface area (Å²) >= 11 is 4.69. The van der Waals surface area contributed by atoms with Crippen molar-refractivity contribution >= 4 is 36.7 Å². The molecule has 0 aliphatic heterocycles. The van der Waals surface area contributed by atoms with Crippen molar-refractivity contribution < 1.29 is 19.3 Å². The Hall–Kier alpha value is -4.41. The predicted octanol–water partition coefficient (Wildman–Crippen LogP) is 12.3. The van der Waals surface area contributed by atoms with Crippen molar-refractivity contribution in [2.45, 2.75) is 51.4 Å². The van der Waals surface area contributed by atoms with Gasteiger partial charge >= 0.3 is 318 Å². The topological polar surface area (TPSA) is 47.9 Å². The fraction of sp³-hybridized carbons (Fsp3) is 0.217. The van der Waals surface area contributed by atoms with Crippen molar-refractivity contribution in [3.05, 3.63) is 164 Å². The van der Waals surface area contributed by atoms with E-state index >= 15 is 0 Å². The molecule has 0 amide bonds. The van der Waals surface area contributed by atoms with Crippen LogP contribution in [0, 0.1) is 0 Å². The Bertz CT molecular complexity index is 1710. The number of ether oxygens (including phenoxy) is 3. The van der Waals surface area contributed by atoms with Crippen LogP contribution >= 0.6 is 20.8 Å². The van der Waals surface area contributed by atoms with E-state index in [1.165, 1.54) is 41.6 Å². The molecule has 0 aliphatic carbocycles. The molecule has 6 aromatic carbocycles. The number of halogens is 1. The van der Waals surface area contributed by atoms with Crippen LogP contribution < -0.4 is 30.1 Å². The Balaban J connectivity index is 1.37. The number of para-hydroxylation sites is 3. The van der Waals surface area contributed by atoms with Gasteiger partial charge in [-0.15, -0.1) is 0 Å². The molecule has 4 nitrogen and oxygen atoms in total. The molecular weight excluding hydrogens is 727 g/mol. The monoisotopic (exact) mass is 774 g/mol. The minimum atomic E-state index is -3.27. The molecule has 0 aliphatic rings. The summed E-state index contributed by atoms with van der Waals surface area (Å²) in [4.78, 5) is 0.